The Morgan fingerprint density at radius 2 is 2.09 bits per heavy atom. The molecule has 2 nitrogen and oxygen atoms in total. The Morgan fingerprint density at radius 1 is 1.17 bits per heavy atom. The summed E-state index contributed by atoms with van der Waals surface area (Å²) in [6, 6.07) is 0. The summed E-state index contributed by atoms with van der Waals surface area (Å²) in [5.74, 6) is 0.636. The lowest BCUT2D eigenvalue weighted by atomic mass is 9.80. The third kappa shape index (κ3) is 6.51. The van der Waals surface area contributed by atoms with Crippen LogP contribution in [-0.2, 0) is 9.47 Å². The predicted octanol–water partition coefficient (Wildman–Crippen LogP) is 6.03. The third-order valence-electron chi connectivity index (χ3n) is 5.33. The highest BCUT2D eigenvalue weighted by Crippen LogP contribution is 2.49. The van der Waals surface area contributed by atoms with Crippen molar-refractivity contribution in [3.63, 3.8) is 0 Å². The Bertz CT molecular complexity index is 345. The number of hydrogen-bond donors (Lipinski definition) is 0. The topological polar surface area (TPSA) is 18.5 Å². The van der Waals surface area contributed by atoms with E-state index >= 15 is 0 Å². The highest BCUT2D eigenvalue weighted by molar-refractivity contribution is 9.09. The van der Waals surface area contributed by atoms with Gasteiger partial charge in [0.15, 0.2) is 0 Å². The van der Waals surface area contributed by atoms with Gasteiger partial charge in [-0.25, -0.2) is 0 Å². The monoisotopic (exact) mass is 386 g/mol. The number of fused-ring (bicyclic) bond motifs is 2. The molecule has 2 heterocycles. The van der Waals surface area contributed by atoms with Gasteiger partial charge in [0.05, 0.1) is 18.3 Å². The second-order valence-corrected chi connectivity index (χ2v) is 8.13. The molecule has 0 aromatic heterocycles. The van der Waals surface area contributed by atoms with Crippen LogP contribution in [0.1, 0.15) is 77.6 Å². The number of unbranched alkanes of at least 4 members (excludes halogenated alkanes) is 5. The molecule has 2 saturated heterocycles. The molecule has 3 heteroatoms. The van der Waals surface area contributed by atoms with Gasteiger partial charge in [0.1, 0.15) is 0 Å². The number of hydrogen-bond acceptors (Lipinski definition) is 2. The predicted molar refractivity (Wildman–Crippen MR) is 101 cm³/mol. The van der Waals surface area contributed by atoms with Crippen molar-refractivity contribution in [2.24, 2.45) is 5.92 Å². The smallest absolute Gasteiger partial charge is 0.0726 e. The van der Waals surface area contributed by atoms with E-state index in [4.69, 9.17) is 9.47 Å². The number of allylic oxidation sites excluding steroid dienone is 1. The summed E-state index contributed by atoms with van der Waals surface area (Å²) in [5, 5.41) is 1.12. The fraction of sp³-hybridized carbons (Fsp3) is 0.900. The van der Waals surface area contributed by atoms with Gasteiger partial charge in [0.2, 0.25) is 0 Å². The minimum absolute atomic E-state index is 0.146. The summed E-state index contributed by atoms with van der Waals surface area (Å²) in [4.78, 5) is 0. The molecule has 3 atom stereocenters. The average molecular weight is 387 g/mol. The Kier molecular flexibility index (Phi) is 9.22. The molecular weight excluding hydrogens is 352 g/mol. The average Bonchev–Trinajstić information content (AvgIpc) is 3.12. The first kappa shape index (κ1) is 19.5. The molecule has 0 spiro atoms. The number of alkyl halides is 1. The first-order valence-electron chi connectivity index (χ1n) is 9.76. The molecule has 0 aliphatic carbocycles. The molecule has 0 amide bonds. The maximum Gasteiger partial charge on any atom is 0.0726 e. The quantitative estimate of drug-likeness (QED) is 0.218. The standard InChI is InChI=1S/C20H35BrO2/c1-2-3-4-10-15-22-17-18-16-20(13-11-19(18)23-20)12-8-6-5-7-9-14-21/h6,8,18-19H,2-5,7,9-17H2,1H3/t18-,19+,20-/m1/s1. The highest BCUT2D eigenvalue weighted by Gasteiger charge is 2.50. The van der Waals surface area contributed by atoms with Crippen molar-refractivity contribution < 1.29 is 9.47 Å². The molecule has 2 aliphatic rings. The van der Waals surface area contributed by atoms with Crippen molar-refractivity contribution in [2.45, 2.75) is 89.3 Å². The van der Waals surface area contributed by atoms with Crippen molar-refractivity contribution in [2.75, 3.05) is 18.5 Å². The lowest BCUT2D eigenvalue weighted by molar-refractivity contribution is 0.00658. The zero-order chi connectivity index (χ0) is 16.4. The van der Waals surface area contributed by atoms with Crippen LogP contribution in [-0.4, -0.2) is 30.2 Å². The van der Waals surface area contributed by atoms with Gasteiger partial charge in [-0.3, -0.25) is 0 Å². The lowest BCUT2D eigenvalue weighted by Crippen LogP contribution is -2.27. The van der Waals surface area contributed by atoms with E-state index in [1.54, 1.807) is 0 Å². The van der Waals surface area contributed by atoms with E-state index in [0.717, 1.165) is 25.0 Å². The van der Waals surface area contributed by atoms with Crippen LogP contribution in [0.15, 0.2) is 12.2 Å². The largest absolute Gasteiger partial charge is 0.381 e. The zero-order valence-corrected chi connectivity index (χ0v) is 16.5. The maximum absolute atomic E-state index is 6.36. The molecule has 2 bridgehead atoms. The van der Waals surface area contributed by atoms with Gasteiger partial charge < -0.3 is 9.47 Å². The van der Waals surface area contributed by atoms with Gasteiger partial charge in [-0.1, -0.05) is 54.3 Å². The number of rotatable bonds is 13. The summed E-state index contributed by atoms with van der Waals surface area (Å²) < 4.78 is 12.3. The summed E-state index contributed by atoms with van der Waals surface area (Å²) in [6.07, 6.45) is 18.9. The van der Waals surface area contributed by atoms with Crippen LogP contribution in [0.4, 0.5) is 0 Å². The Balaban J connectivity index is 1.60. The van der Waals surface area contributed by atoms with Crippen molar-refractivity contribution >= 4 is 15.9 Å². The van der Waals surface area contributed by atoms with Gasteiger partial charge in [0.25, 0.3) is 0 Å². The van der Waals surface area contributed by atoms with E-state index in [1.807, 2.05) is 0 Å². The second-order valence-electron chi connectivity index (χ2n) is 7.34. The highest BCUT2D eigenvalue weighted by atomic mass is 79.9. The van der Waals surface area contributed by atoms with Crippen LogP contribution in [0.2, 0.25) is 0 Å². The molecule has 2 rings (SSSR count). The van der Waals surface area contributed by atoms with Gasteiger partial charge in [-0.15, -0.1) is 0 Å². The van der Waals surface area contributed by atoms with E-state index in [1.165, 1.54) is 64.2 Å². The van der Waals surface area contributed by atoms with Gasteiger partial charge in [-0.2, -0.15) is 0 Å². The summed E-state index contributed by atoms with van der Waals surface area (Å²) in [5.41, 5.74) is 0.146. The molecule has 0 saturated carbocycles. The molecule has 0 aromatic rings. The van der Waals surface area contributed by atoms with Crippen molar-refractivity contribution in [3.8, 4) is 0 Å². The van der Waals surface area contributed by atoms with E-state index in [0.29, 0.717) is 12.0 Å². The van der Waals surface area contributed by atoms with Crippen molar-refractivity contribution in [3.05, 3.63) is 12.2 Å². The van der Waals surface area contributed by atoms with Crippen LogP contribution in [0, 0.1) is 5.92 Å². The lowest BCUT2D eigenvalue weighted by Gasteiger charge is -2.25. The van der Waals surface area contributed by atoms with Crippen molar-refractivity contribution in [1.29, 1.82) is 0 Å². The Labute approximate surface area is 151 Å². The van der Waals surface area contributed by atoms with Crippen LogP contribution in [0.25, 0.3) is 0 Å². The van der Waals surface area contributed by atoms with Crippen molar-refractivity contribution in [1.82, 2.24) is 0 Å². The molecule has 0 aromatic carbocycles. The number of halogens is 1. The Hall–Kier alpha value is 0.140. The summed E-state index contributed by atoms with van der Waals surface area (Å²) >= 11 is 3.49. The van der Waals surface area contributed by atoms with Gasteiger partial charge >= 0.3 is 0 Å². The zero-order valence-electron chi connectivity index (χ0n) is 14.9. The van der Waals surface area contributed by atoms with Crippen LogP contribution in [0.3, 0.4) is 0 Å². The maximum atomic E-state index is 6.36. The fourth-order valence-corrected chi connectivity index (χ4v) is 4.37. The molecule has 0 unspecified atom stereocenters. The van der Waals surface area contributed by atoms with E-state index in [9.17, 15) is 0 Å². The van der Waals surface area contributed by atoms with Crippen LogP contribution in [0.5, 0.6) is 0 Å². The summed E-state index contributed by atoms with van der Waals surface area (Å²) in [7, 11) is 0. The first-order valence-corrected chi connectivity index (χ1v) is 10.9. The fourth-order valence-electron chi connectivity index (χ4n) is 3.97. The normalized spacial score (nSPS) is 29.8. The van der Waals surface area contributed by atoms with E-state index in [-0.39, 0.29) is 5.60 Å². The molecule has 23 heavy (non-hydrogen) atoms. The number of ether oxygens (including phenoxy) is 2. The van der Waals surface area contributed by atoms with Crippen LogP contribution >= 0.6 is 15.9 Å². The SMILES string of the molecule is CCCCCCOC[C@H]1C[C@@]2(CC=CCCCCBr)CC[C@@H]1O2. The molecule has 2 aliphatic heterocycles. The van der Waals surface area contributed by atoms with Gasteiger partial charge in [-0.05, 0) is 51.4 Å². The minimum atomic E-state index is 0.146. The van der Waals surface area contributed by atoms with E-state index in [2.05, 4.69) is 35.0 Å². The Morgan fingerprint density at radius 3 is 2.91 bits per heavy atom. The molecule has 134 valence electrons. The van der Waals surface area contributed by atoms with Crippen LogP contribution < -0.4 is 0 Å². The first-order chi connectivity index (χ1) is 11.3. The molecule has 0 N–H and O–H groups in total. The molecule has 2 fully saturated rings. The van der Waals surface area contributed by atoms with Gasteiger partial charge in [0, 0.05) is 17.9 Å². The summed E-state index contributed by atoms with van der Waals surface area (Å²) in [6.45, 7) is 4.10. The minimum Gasteiger partial charge on any atom is -0.381 e. The second kappa shape index (κ2) is 10.9. The third-order valence-corrected chi connectivity index (χ3v) is 5.89. The molecule has 0 radical (unpaired) electrons. The van der Waals surface area contributed by atoms with E-state index < -0.39 is 0 Å². The molecular formula is C20H35BrO2.